The maximum Gasteiger partial charge on any atom is 0.264 e. The molecule has 0 aromatic heterocycles. The molecule has 176 valence electrons. The molecule has 33 heavy (non-hydrogen) atoms. The number of benzene rings is 1. The molecule has 0 radical (unpaired) electrons. The van der Waals surface area contributed by atoms with Crippen molar-refractivity contribution in [1.29, 1.82) is 0 Å². The van der Waals surface area contributed by atoms with Crippen molar-refractivity contribution < 1.29 is 24.5 Å². The van der Waals surface area contributed by atoms with Crippen molar-refractivity contribution in [2.24, 2.45) is 34.5 Å². The van der Waals surface area contributed by atoms with E-state index in [1.165, 1.54) is 0 Å². The SMILES string of the molecule is CC1C[C@@H]2[C@H](C(O)C[C@@]3(C)[C@H]2CC[C@]3(O)C2(Oc3ccccc3)CO2)[C@@]2(C)C=CC(=O)C=C12. The lowest BCUT2D eigenvalue weighted by molar-refractivity contribution is -0.225. The zero-order valence-electron chi connectivity index (χ0n) is 19.7. The third kappa shape index (κ3) is 2.73. The molecule has 1 aromatic rings. The van der Waals surface area contributed by atoms with Crippen molar-refractivity contribution in [3.8, 4) is 5.75 Å². The lowest BCUT2D eigenvalue weighted by Gasteiger charge is -2.61. The van der Waals surface area contributed by atoms with Crippen molar-refractivity contribution in [2.75, 3.05) is 6.61 Å². The molecular weight excluding hydrogens is 416 g/mol. The quantitative estimate of drug-likeness (QED) is 0.680. The van der Waals surface area contributed by atoms with Crippen LogP contribution in [0.4, 0.5) is 0 Å². The van der Waals surface area contributed by atoms with Crippen LogP contribution in [0.1, 0.15) is 46.5 Å². The largest absolute Gasteiger partial charge is 0.457 e. The Morgan fingerprint density at radius 2 is 1.91 bits per heavy atom. The lowest BCUT2D eigenvalue weighted by Crippen LogP contribution is -2.64. The molecule has 2 N–H and O–H groups in total. The maximum atomic E-state index is 12.3. The molecule has 1 aromatic carbocycles. The number of para-hydroxylation sites is 1. The van der Waals surface area contributed by atoms with Gasteiger partial charge in [0.25, 0.3) is 5.79 Å². The minimum absolute atomic E-state index is 0.0378. The predicted octanol–water partition coefficient (Wildman–Crippen LogP) is 4.05. The van der Waals surface area contributed by atoms with Gasteiger partial charge in [0.1, 0.15) is 18.0 Å². The molecule has 0 spiro atoms. The van der Waals surface area contributed by atoms with E-state index in [1.807, 2.05) is 36.4 Å². The van der Waals surface area contributed by atoms with E-state index < -0.39 is 22.9 Å². The number of aliphatic hydroxyl groups is 2. The molecule has 0 bridgehead atoms. The second-order valence-electron chi connectivity index (χ2n) is 11.6. The number of carbonyl (C=O) groups is 1. The average molecular weight is 451 g/mol. The van der Waals surface area contributed by atoms with Gasteiger partial charge in [-0.05, 0) is 67.7 Å². The van der Waals surface area contributed by atoms with Crippen LogP contribution in [0.15, 0.2) is 54.1 Å². The Balaban J connectivity index is 1.37. The smallest absolute Gasteiger partial charge is 0.264 e. The van der Waals surface area contributed by atoms with Gasteiger partial charge in [0, 0.05) is 16.7 Å². The Bertz CT molecular complexity index is 1040. The Morgan fingerprint density at radius 1 is 1.18 bits per heavy atom. The van der Waals surface area contributed by atoms with E-state index in [4.69, 9.17) is 9.47 Å². The Morgan fingerprint density at radius 3 is 2.61 bits per heavy atom. The van der Waals surface area contributed by atoms with Crippen LogP contribution in [0.5, 0.6) is 5.75 Å². The second kappa shape index (κ2) is 6.80. The van der Waals surface area contributed by atoms with E-state index in [2.05, 4.69) is 20.8 Å². The summed E-state index contributed by atoms with van der Waals surface area (Å²) in [7, 11) is 0. The zero-order valence-corrected chi connectivity index (χ0v) is 19.7. The van der Waals surface area contributed by atoms with Crippen molar-refractivity contribution in [1.82, 2.24) is 0 Å². The number of aliphatic hydroxyl groups excluding tert-OH is 1. The number of ether oxygens (including phenoxy) is 2. The van der Waals surface area contributed by atoms with Gasteiger partial charge in [-0.1, -0.05) is 50.6 Å². The molecule has 5 nitrogen and oxygen atoms in total. The third-order valence-electron chi connectivity index (χ3n) is 10.0. The van der Waals surface area contributed by atoms with Gasteiger partial charge in [-0.15, -0.1) is 0 Å². The normalized spacial score (nSPS) is 50.2. The summed E-state index contributed by atoms with van der Waals surface area (Å²) < 4.78 is 12.2. The summed E-state index contributed by atoms with van der Waals surface area (Å²) >= 11 is 0. The Labute approximate surface area is 195 Å². The van der Waals surface area contributed by atoms with E-state index in [9.17, 15) is 15.0 Å². The molecule has 5 heteroatoms. The van der Waals surface area contributed by atoms with Crippen molar-refractivity contribution >= 4 is 5.78 Å². The van der Waals surface area contributed by atoms with E-state index in [-0.39, 0.29) is 34.9 Å². The molecule has 5 aliphatic rings. The highest BCUT2D eigenvalue weighted by atomic mass is 16.8. The Kier molecular flexibility index (Phi) is 4.45. The van der Waals surface area contributed by atoms with Gasteiger partial charge < -0.3 is 19.7 Å². The highest BCUT2D eigenvalue weighted by molar-refractivity contribution is 6.01. The number of fused-ring (bicyclic) bond motifs is 5. The summed E-state index contributed by atoms with van der Waals surface area (Å²) in [4.78, 5) is 12.1. The number of carbonyl (C=O) groups excluding carboxylic acids is 1. The van der Waals surface area contributed by atoms with Gasteiger partial charge in [-0.25, -0.2) is 0 Å². The molecule has 1 heterocycles. The standard InChI is InChI=1S/C28H34O5/c1-17-13-20-21-10-12-27(31,28(16-32-28)33-19-7-5-4-6-8-19)26(21,3)15-23(30)24(20)25(2)11-9-18(29)14-22(17)25/h4-9,11,14,17,20-21,23-24,30-31H,10,12-13,15-16H2,1-3H3/t17?,20-,21-,23?,24+,25-,26-,27+,28?/m0/s1. The first-order valence-corrected chi connectivity index (χ1v) is 12.4. The minimum Gasteiger partial charge on any atom is -0.457 e. The zero-order chi connectivity index (χ0) is 23.2. The van der Waals surface area contributed by atoms with Crippen LogP contribution >= 0.6 is 0 Å². The topological polar surface area (TPSA) is 79.3 Å². The molecular formula is C28H34O5. The van der Waals surface area contributed by atoms with Crippen LogP contribution in [0.3, 0.4) is 0 Å². The molecule has 4 aliphatic carbocycles. The average Bonchev–Trinajstić information content (AvgIpc) is 3.50. The fourth-order valence-electron chi connectivity index (χ4n) is 8.51. The van der Waals surface area contributed by atoms with Crippen molar-refractivity contribution in [2.45, 2.75) is 63.9 Å². The first-order chi connectivity index (χ1) is 15.6. The first-order valence-electron chi connectivity index (χ1n) is 12.4. The molecule has 4 fully saturated rings. The van der Waals surface area contributed by atoms with Gasteiger partial charge in [0.2, 0.25) is 0 Å². The summed E-state index contributed by atoms with van der Waals surface area (Å²) in [6, 6.07) is 9.55. The number of epoxide rings is 1. The molecule has 0 amide bonds. The van der Waals surface area contributed by atoms with Gasteiger partial charge in [0.15, 0.2) is 5.78 Å². The summed E-state index contributed by atoms with van der Waals surface area (Å²) in [5, 5.41) is 23.9. The van der Waals surface area contributed by atoms with Crippen LogP contribution in [0, 0.1) is 34.5 Å². The second-order valence-corrected chi connectivity index (χ2v) is 11.6. The van der Waals surface area contributed by atoms with Gasteiger partial charge in [-0.2, -0.15) is 0 Å². The van der Waals surface area contributed by atoms with Crippen LogP contribution in [-0.2, 0) is 9.53 Å². The van der Waals surface area contributed by atoms with E-state index in [1.54, 1.807) is 12.2 Å². The van der Waals surface area contributed by atoms with Crippen LogP contribution in [-0.4, -0.2) is 40.1 Å². The summed E-state index contributed by atoms with van der Waals surface area (Å²) in [6.45, 7) is 6.89. The van der Waals surface area contributed by atoms with E-state index >= 15 is 0 Å². The summed E-state index contributed by atoms with van der Waals surface area (Å²) in [5.41, 5.74) is -0.872. The molecule has 6 rings (SSSR count). The van der Waals surface area contributed by atoms with E-state index in [0.717, 1.165) is 18.4 Å². The molecule has 3 unspecified atom stereocenters. The van der Waals surface area contributed by atoms with Crippen LogP contribution < -0.4 is 4.74 Å². The van der Waals surface area contributed by atoms with Crippen molar-refractivity contribution in [3.63, 3.8) is 0 Å². The molecule has 3 saturated carbocycles. The summed E-state index contributed by atoms with van der Waals surface area (Å²) in [6.07, 6.45) is 7.83. The number of ketones is 1. The number of hydrogen-bond donors (Lipinski definition) is 2. The highest BCUT2D eigenvalue weighted by Crippen LogP contribution is 2.70. The molecule has 1 saturated heterocycles. The number of allylic oxidation sites excluding steroid dienone is 4. The minimum atomic E-state index is -1.18. The maximum absolute atomic E-state index is 12.3. The van der Waals surface area contributed by atoms with Gasteiger partial charge in [0.05, 0.1) is 6.10 Å². The number of rotatable bonds is 3. The van der Waals surface area contributed by atoms with E-state index in [0.29, 0.717) is 25.2 Å². The lowest BCUT2D eigenvalue weighted by atomic mass is 9.44. The monoisotopic (exact) mass is 450 g/mol. The third-order valence-corrected chi connectivity index (χ3v) is 10.0. The molecule has 9 atom stereocenters. The number of hydrogen-bond acceptors (Lipinski definition) is 5. The molecule has 1 aliphatic heterocycles. The summed E-state index contributed by atoms with van der Waals surface area (Å²) in [5.74, 6) is 0.491. The predicted molar refractivity (Wildman–Crippen MR) is 123 cm³/mol. The van der Waals surface area contributed by atoms with Crippen LogP contribution in [0.2, 0.25) is 0 Å². The highest BCUT2D eigenvalue weighted by Gasteiger charge is 2.77. The van der Waals surface area contributed by atoms with Crippen molar-refractivity contribution in [3.05, 3.63) is 54.1 Å². The first kappa shape index (κ1) is 21.6. The van der Waals surface area contributed by atoms with Crippen LogP contribution in [0.25, 0.3) is 0 Å². The fourth-order valence-corrected chi connectivity index (χ4v) is 8.51. The van der Waals surface area contributed by atoms with Gasteiger partial charge in [-0.3, -0.25) is 4.79 Å². The Hall–Kier alpha value is -1.95. The fraction of sp³-hybridized carbons (Fsp3) is 0.607. The van der Waals surface area contributed by atoms with Gasteiger partial charge >= 0.3 is 0 Å².